The smallest absolute Gasteiger partial charge is 0.322 e. The number of anilines is 1. The molecule has 29 heavy (non-hydrogen) atoms. The van der Waals surface area contributed by atoms with Crippen LogP contribution < -0.4 is 16.0 Å². The molecular formula is C23H21N3O3. The van der Waals surface area contributed by atoms with Crippen LogP contribution >= 0.6 is 0 Å². The number of imide groups is 1. The van der Waals surface area contributed by atoms with Gasteiger partial charge in [-0.3, -0.25) is 14.9 Å². The maximum atomic E-state index is 12.4. The normalized spacial score (nSPS) is 18.4. The van der Waals surface area contributed by atoms with Crippen molar-refractivity contribution in [2.45, 2.75) is 25.3 Å². The van der Waals surface area contributed by atoms with Crippen molar-refractivity contribution in [3.05, 3.63) is 77.9 Å². The van der Waals surface area contributed by atoms with Crippen molar-refractivity contribution in [2.75, 3.05) is 5.32 Å². The van der Waals surface area contributed by atoms with Crippen LogP contribution in [-0.2, 0) is 21.5 Å². The van der Waals surface area contributed by atoms with Gasteiger partial charge in [-0.05, 0) is 47.4 Å². The highest BCUT2D eigenvalue weighted by Crippen LogP contribution is 2.26. The minimum atomic E-state index is -1.15. The van der Waals surface area contributed by atoms with Gasteiger partial charge in [0.25, 0.3) is 5.91 Å². The van der Waals surface area contributed by atoms with Gasteiger partial charge < -0.3 is 10.6 Å². The van der Waals surface area contributed by atoms with E-state index < -0.39 is 17.5 Å². The lowest BCUT2D eigenvalue weighted by molar-refractivity contribution is -0.123. The number of benzene rings is 3. The molecule has 3 aromatic rings. The second-order valence-electron chi connectivity index (χ2n) is 7.34. The molecule has 146 valence electrons. The topological polar surface area (TPSA) is 87.3 Å². The number of urea groups is 1. The van der Waals surface area contributed by atoms with Crippen molar-refractivity contribution >= 4 is 34.3 Å². The fourth-order valence-electron chi connectivity index (χ4n) is 3.53. The first kappa shape index (κ1) is 18.7. The zero-order valence-corrected chi connectivity index (χ0v) is 16.0. The maximum Gasteiger partial charge on any atom is 0.322 e. The Kier molecular flexibility index (Phi) is 4.76. The molecule has 0 bridgehead atoms. The molecule has 4 rings (SSSR count). The van der Waals surface area contributed by atoms with Gasteiger partial charge in [-0.2, -0.15) is 0 Å². The summed E-state index contributed by atoms with van der Waals surface area (Å²) in [6, 6.07) is 20.8. The van der Waals surface area contributed by atoms with E-state index in [0.29, 0.717) is 24.1 Å². The van der Waals surface area contributed by atoms with Crippen LogP contribution in [-0.4, -0.2) is 17.8 Å². The first-order valence-electron chi connectivity index (χ1n) is 9.46. The van der Waals surface area contributed by atoms with Crippen LogP contribution in [0.15, 0.2) is 66.7 Å². The average Bonchev–Trinajstić information content (AvgIpc) is 2.99. The molecule has 1 atom stereocenters. The second-order valence-corrected chi connectivity index (χ2v) is 7.34. The zero-order valence-electron chi connectivity index (χ0n) is 16.0. The molecule has 3 N–H and O–H groups in total. The lowest BCUT2D eigenvalue weighted by Crippen LogP contribution is -2.40. The Morgan fingerprint density at radius 1 is 0.966 bits per heavy atom. The van der Waals surface area contributed by atoms with E-state index in [0.717, 1.165) is 10.9 Å². The monoisotopic (exact) mass is 387 g/mol. The summed E-state index contributed by atoms with van der Waals surface area (Å²) in [4.78, 5) is 36.0. The number of carbonyl (C=O) groups excluding carboxylic acids is 3. The summed E-state index contributed by atoms with van der Waals surface area (Å²) >= 11 is 0. The van der Waals surface area contributed by atoms with Crippen LogP contribution in [0.4, 0.5) is 10.5 Å². The molecule has 1 unspecified atom stereocenters. The molecule has 1 aliphatic rings. The quantitative estimate of drug-likeness (QED) is 0.586. The molecule has 1 fully saturated rings. The van der Waals surface area contributed by atoms with Crippen LogP contribution in [0.1, 0.15) is 24.5 Å². The van der Waals surface area contributed by atoms with E-state index in [4.69, 9.17) is 0 Å². The molecule has 1 aliphatic heterocycles. The van der Waals surface area contributed by atoms with Gasteiger partial charge in [0.05, 0.1) is 0 Å². The number of hydrogen-bond donors (Lipinski definition) is 3. The Morgan fingerprint density at radius 2 is 1.76 bits per heavy atom. The molecule has 0 aliphatic carbocycles. The number of rotatable bonds is 5. The van der Waals surface area contributed by atoms with Gasteiger partial charge in [0.1, 0.15) is 5.54 Å². The third-order valence-corrected chi connectivity index (χ3v) is 5.22. The van der Waals surface area contributed by atoms with E-state index in [1.165, 1.54) is 5.39 Å². The van der Waals surface area contributed by atoms with Gasteiger partial charge in [-0.1, -0.05) is 54.6 Å². The van der Waals surface area contributed by atoms with Gasteiger partial charge in [0.15, 0.2) is 0 Å². The van der Waals surface area contributed by atoms with Crippen LogP contribution in [0.3, 0.4) is 0 Å². The lowest BCUT2D eigenvalue weighted by atomic mass is 9.92. The summed E-state index contributed by atoms with van der Waals surface area (Å²) in [7, 11) is 0. The summed E-state index contributed by atoms with van der Waals surface area (Å²) in [5.41, 5.74) is 1.14. The minimum Gasteiger partial charge on any atom is -0.326 e. The molecule has 0 saturated carbocycles. The van der Waals surface area contributed by atoms with Crippen LogP contribution in [0.5, 0.6) is 0 Å². The summed E-state index contributed by atoms with van der Waals surface area (Å²) in [5.74, 6) is -0.525. The van der Waals surface area contributed by atoms with E-state index in [1.807, 2.05) is 18.2 Å². The Morgan fingerprint density at radius 3 is 2.52 bits per heavy atom. The number of aryl methyl sites for hydroxylation is 1. The third-order valence-electron chi connectivity index (χ3n) is 5.22. The van der Waals surface area contributed by atoms with Gasteiger partial charge in [-0.15, -0.1) is 0 Å². The molecule has 0 spiro atoms. The van der Waals surface area contributed by atoms with Crippen molar-refractivity contribution in [3.8, 4) is 0 Å². The second kappa shape index (κ2) is 7.39. The summed E-state index contributed by atoms with van der Waals surface area (Å²) < 4.78 is 0. The van der Waals surface area contributed by atoms with E-state index >= 15 is 0 Å². The van der Waals surface area contributed by atoms with Crippen LogP contribution in [0, 0.1) is 0 Å². The largest absolute Gasteiger partial charge is 0.326 e. The fraction of sp³-hybridized carbons (Fsp3) is 0.174. The standard InChI is InChI=1S/C23H21N3O3/c1-23(21(28)25-22(29)26-23)18-7-4-8-19(14-18)24-20(27)12-10-15-9-11-16-5-2-3-6-17(16)13-15/h2-9,11,13-14H,10,12H2,1H3,(H,24,27)(H2,25,26,28,29). The Balaban J connectivity index is 1.42. The summed E-state index contributed by atoms with van der Waals surface area (Å²) in [6.45, 7) is 1.63. The van der Waals surface area contributed by atoms with Gasteiger partial charge in [0.2, 0.25) is 5.91 Å². The van der Waals surface area contributed by atoms with Crippen molar-refractivity contribution < 1.29 is 14.4 Å². The number of nitrogens with one attached hydrogen (secondary N) is 3. The van der Waals surface area contributed by atoms with E-state index in [1.54, 1.807) is 31.2 Å². The minimum absolute atomic E-state index is 0.111. The Bertz CT molecular complexity index is 1130. The average molecular weight is 387 g/mol. The van der Waals surface area contributed by atoms with Gasteiger partial charge in [-0.25, -0.2) is 4.79 Å². The van der Waals surface area contributed by atoms with Crippen molar-refractivity contribution in [2.24, 2.45) is 0 Å². The molecule has 0 radical (unpaired) electrons. The Hall–Kier alpha value is -3.67. The zero-order chi connectivity index (χ0) is 20.4. The fourth-order valence-corrected chi connectivity index (χ4v) is 3.53. The number of amides is 4. The van der Waals surface area contributed by atoms with Gasteiger partial charge in [0, 0.05) is 12.1 Å². The van der Waals surface area contributed by atoms with E-state index in [-0.39, 0.29) is 5.91 Å². The van der Waals surface area contributed by atoms with E-state index in [9.17, 15) is 14.4 Å². The molecule has 3 aromatic carbocycles. The molecular weight excluding hydrogens is 366 g/mol. The Labute approximate surface area is 168 Å². The first-order chi connectivity index (χ1) is 13.9. The third kappa shape index (κ3) is 3.82. The van der Waals surface area contributed by atoms with Crippen LogP contribution in [0.2, 0.25) is 0 Å². The first-order valence-corrected chi connectivity index (χ1v) is 9.46. The lowest BCUT2D eigenvalue weighted by Gasteiger charge is -2.21. The van der Waals surface area contributed by atoms with Crippen molar-refractivity contribution in [1.82, 2.24) is 10.6 Å². The molecule has 0 aromatic heterocycles. The number of carbonyl (C=O) groups is 3. The maximum absolute atomic E-state index is 12.4. The van der Waals surface area contributed by atoms with E-state index in [2.05, 4.69) is 40.2 Å². The predicted octanol–water partition coefficient (Wildman–Crippen LogP) is 3.47. The highest BCUT2D eigenvalue weighted by molar-refractivity contribution is 6.07. The summed E-state index contributed by atoms with van der Waals surface area (Å²) in [6.07, 6.45) is 0.976. The SMILES string of the molecule is CC1(c2cccc(NC(=O)CCc3ccc4ccccc4c3)c2)NC(=O)NC1=O. The molecule has 1 heterocycles. The highest BCUT2D eigenvalue weighted by Gasteiger charge is 2.43. The van der Waals surface area contributed by atoms with Crippen molar-refractivity contribution in [1.29, 1.82) is 0 Å². The molecule has 6 heteroatoms. The van der Waals surface area contributed by atoms with Gasteiger partial charge >= 0.3 is 6.03 Å². The molecule has 1 saturated heterocycles. The molecule has 4 amide bonds. The summed E-state index contributed by atoms with van der Waals surface area (Å²) in [5, 5.41) is 10.1. The van der Waals surface area contributed by atoms with Crippen molar-refractivity contribution in [3.63, 3.8) is 0 Å². The number of fused-ring (bicyclic) bond motifs is 1. The molecule has 6 nitrogen and oxygen atoms in total. The highest BCUT2D eigenvalue weighted by atomic mass is 16.2. The number of hydrogen-bond acceptors (Lipinski definition) is 3. The predicted molar refractivity (Wildman–Crippen MR) is 111 cm³/mol. The van der Waals surface area contributed by atoms with Crippen LogP contribution in [0.25, 0.3) is 10.8 Å².